The molecule has 19 heavy (non-hydrogen) atoms. The maximum Gasteiger partial charge on any atom is 0.312 e. The highest BCUT2D eigenvalue weighted by molar-refractivity contribution is 5.79. The normalized spacial score (nSPS) is 20.9. The first-order valence-corrected chi connectivity index (χ1v) is 7.10. The van der Waals surface area contributed by atoms with Crippen LogP contribution in [0.4, 0.5) is 4.79 Å². The van der Waals surface area contributed by atoms with Gasteiger partial charge in [-0.05, 0) is 25.2 Å². The summed E-state index contributed by atoms with van der Waals surface area (Å²) in [5.41, 5.74) is 10.7. The number of primary amides is 1. The molecule has 0 spiro atoms. The predicted octanol–water partition coefficient (Wildman–Crippen LogP) is 0.268. The van der Waals surface area contributed by atoms with Gasteiger partial charge in [-0.15, -0.1) is 0 Å². The zero-order chi connectivity index (χ0) is 14.3. The molecular weight excluding hydrogens is 244 g/mol. The van der Waals surface area contributed by atoms with Crippen LogP contribution in [0.15, 0.2) is 0 Å². The summed E-state index contributed by atoms with van der Waals surface area (Å²) in [6.45, 7) is 4.50. The smallest absolute Gasteiger partial charge is 0.312 e. The average molecular weight is 270 g/mol. The Labute approximate surface area is 114 Å². The third kappa shape index (κ3) is 5.06. The Hall–Kier alpha value is -1.30. The lowest BCUT2D eigenvalue weighted by Crippen LogP contribution is -2.47. The lowest BCUT2D eigenvalue weighted by Gasteiger charge is -2.34. The summed E-state index contributed by atoms with van der Waals surface area (Å²) >= 11 is 0. The molecule has 1 heterocycles. The lowest BCUT2D eigenvalue weighted by molar-refractivity contribution is -0.137. The fourth-order valence-electron chi connectivity index (χ4n) is 2.63. The lowest BCUT2D eigenvalue weighted by atomic mass is 9.95. The molecular formula is C13H26N4O2. The second kappa shape index (κ2) is 7.99. The molecule has 0 bridgehead atoms. The SMILES string of the molecule is CCCC(CN)C(=O)N1CCCC(CNC(N)=O)C1. The van der Waals surface area contributed by atoms with Crippen molar-refractivity contribution in [2.75, 3.05) is 26.2 Å². The molecule has 2 unspecified atom stereocenters. The quantitative estimate of drug-likeness (QED) is 0.645. The Kier molecular flexibility index (Phi) is 6.62. The summed E-state index contributed by atoms with van der Waals surface area (Å²) in [4.78, 5) is 24.9. The van der Waals surface area contributed by atoms with Gasteiger partial charge >= 0.3 is 6.03 Å². The number of carbonyl (C=O) groups excluding carboxylic acids is 2. The van der Waals surface area contributed by atoms with Gasteiger partial charge in [0.2, 0.25) is 5.91 Å². The molecule has 3 amide bonds. The highest BCUT2D eigenvalue weighted by atomic mass is 16.2. The number of hydrogen-bond acceptors (Lipinski definition) is 3. The van der Waals surface area contributed by atoms with E-state index < -0.39 is 6.03 Å². The molecule has 1 saturated heterocycles. The average Bonchev–Trinajstić information content (AvgIpc) is 2.42. The number of nitrogens with zero attached hydrogens (tertiary/aromatic N) is 1. The first kappa shape index (κ1) is 15.8. The Morgan fingerprint density at radius 1 is 1.47 bits per heavy atom. The molecule has 0 radical (unpaired) electrons. The van der Waals surface area contributed by atoms with E-state index in [0.29, 0.717) is 25.6 Å². The number of nitrogens with one attached hydrogen (secondary N) is 1. The van der Waals surface area contributed by atoms with Crippen LogP contribution in [-0.4, -0.2) is 43.0 Å². The third-order valence-electron chi connectivity index (χ3n) is 3.67. The number of piperidine rings is 1. The minimum absolute atomic E-state index is 0.0622. The molecule has 1 aliphatic rings. The van der Waals surface area contributed by atoms with Crippen LogP contribution in [0.25, 0.3) is 0 Å². The van der Waals surface area contributed by atoms with E-state index in [1.54, 1.807) is 0 Å². The van der Waals surface area contributed by atoms with E-state index in [9.17, 15) is 9.59 Å². The number of amides is 3. The monoisotopic (exact) mass is 270 g/mol. The molecule has 0 saturated carbocycles. The molecule has 1 aliphatic heterocycles. The van der Waals surface area contributed by atoms with Gasteiger partial charge < -0.3 is 21.7 Å². The van der Waals surface area contributed by atoms with Gasteiger partial charge in [0.15, 0.2) is 0 Å². The van der Waals surface area contributed by atoms with Gasteiger partial charge in [0.05, 0.1) is 5.92 Å². The first-order chi connectivity index (χ1) is 9.08. The summed E-state index contributed by atoms with van der Waals surface area (Å²) < 4.78 is 0. The fourth-order valence-corrected chi connectivity index (χ4v) is 2.63. The summed E-state index contributed by atoms with van der Waals surface area (Å²) in [7, 11) is 0. The Morgan fingerprint density at radius 3 is 2.79 bits per heavy atom. The molecule has 5 N–H and O–H groups in total. The molecule has 2 atom stereocenters. The van der Waals surface area contributed by atoms with Gasteiger partial charge in [-0.2, -0.15) is 0 Å². The molecule has 110 valence electrons. The molecule has 6 nitrogen and oxygen atoms in total. The molecule has 0 aromatic heterocycles. The zero-order valence-electron chi connectivity index (χ0n) is 11.7. The summed E-state index contributed by atoms with van der Waals surface area (Å²) in [6.07, 6.45) is 3.80. The molecule has 0 aromatic rings. The second-order valence-corrected chi connectivity index (χ2v) is 5.26. The number of urea groups is 1. The summed E-state index contributed by atoms with van der Waals surface area (Å²) in [5.74, 6) is 0.395. The van der Waals surface area contributed by atoms with Crippen molar-refractivity contribution in [2.45, 2.75) is 32.6 Å². The second-order valence-electron chi connectivity index (χ2n) is 5.26. The summed E-state index contributed by atoms with van der Waals surface area (Å²) in [6, 6.07) is -0.505. The van der Waals surface area contributed by atoms with Gasteiger partial charge in [0, 0.05) is 26.2 Å². The van der Waals surface area contributed by atoms with Crippen molar-refractivity contribution in [1.82, 2.24) is 10.2 Å². The topological polar surface area (TPSA) is 101 Å². The maximum atomic E-state index is 12.3. The Bertz CT molecular complexity index is 309. The number of likely N-dealkylation sites (tertiary alicyclic amines) is 1. The number of carbonyl (C=O) groups is 2. The van der Waals surface area contributed by atoms with Crippen molar-refractivity contribution >= 4 is 11.9 Å². The van der Waals surface area contributed by atoms with Crippen LogP contribution in [0, 0.1) is 11.8 Å². The van der Waals surface area contributed by atoms with Crippen molar-refractivity contribution in [1.29, 1.82) is 0 Å². The van der Waals surface area contributed by atoms with Crippen LogP contribution >= 0.6 is 0 Å². The predicted molar refractivity (Wildman–Crippen MR) is 74.3 cm³/mol. The van der Waals surface area contributed by atoms with Crippen molar-refractivity contribution in [3.8, 4) is 0 Å². The van der Waals surface area contributed by atoms with Crippen LogP contribution in [0.2, 0.25) is 0 Å². The van der Waals surface area contributed by atoms with Crippen molar-refractivity contribution < 1.29 is 9.59 Å². The van der Waals surface area contributed by atoms with E-state index in [0.717, 1.165) is 32.2 Å². The van der Waals surface area contributed by atoms with E-state index in [2.05, 4.69) is 12.2 Å². The van der Waals surface area contributed by atoms with Crippen LogP contribution in [0.1, 0.15) is 32.6 Å². The maximum absolute atomic E-state index is 12.3. The van der Waals surface area contributed by atoms with Gasteiger partial charge in [-0.1, -0.05) is 13.3 Å². The van der Waals surface area contributed by atoms with Crippen molar-refractivity contribution in [3.05, 3.63) is 0 Å². The van der Waals surface area contributed by atoms with Crippen LogP contribution < -0.4 is 16.8 Å². The van der Waals surface area contributed by atoms with E-state index >= 15 is 0 Å². The largest absolute Gasteiger partial charge is 0.352 e. The number of hydrogen-bond donors (Lipinski definition) is 3. The van der Waals surface area contributed by atoms with Crippen LogP contribution in [0.5, 0.6) is 0 Å². The fraction of sp³-hybridized carbons (Fsp3) is 0.846. The Balaban J connectivity index is 2.48. The van der Waals surface area contributed by atoms with Crippen LogP contribution in [-0.2, 0) is 4.79 Å². The van der Waals surface area contributed by atoms with Crippen LogP contribution in [0.3, 0.4) is 0 Å². The first-order valence-electron chi connectivity index (χ1n) is 7.10. The molecule has 1 fully saturated rings. The van der Waals surface area contributed by atoms with Gasteiger partial charge in [0.1, 0.15) is 0 Å². The molecule has 0 aromatic carbocycles. The number of rotatable bonds is 6. The number of nitrogens with two attached hydrogens (primary N) is 2. The van der Waals surface area contributed by atoms with E-state index in [4.69, 9.17) is 11.5 Å². The van der Waals surface area contributed by atoms with Gasteiger partial charge in [-0.25, -0.2) is 4.79 Å². The highest BCUT2D eigenvalue weighted by Gasteiger charge is 2.27. The van der Waals surface area contributed by atoms with E-state index in [1.165, 1.54) is 0 Å². The highest BCUT2D eigenvalue weighted by Crippen LogP contribution is 2.19. The molecule has 6 heteroatoms. The molecule has 0 aliphatic carbocycles. The minimum atomic E-state index is -0.505. The van der Waals surface area contributed by atoms with E-state index in [1.807, 2.05) is 4.90 Å². The minimum Gasteiger partial charge on any atom is -0.352 e. The third-order valence-corrected chi connectivity index (χ3v) is 3.67. The Morgan fingerprint density at radius 2 is 2.21 bits per heavy atom. The van der Waals surface area contributed by atoms with Gasteiger partial charge in [0.25, 0.3) is 0 Å². The van der Waals surface area contributed by atoms with Crippen molar-refractivity contribution in [2.24, 2.45) is 23.3 Å². The zero-order valence-corrected chi connectivity index (χ0v) is 11.7. The summed E-state index contributed by atoms with van der Waals surface area (Å²) in [5, 5.41) is 2.62. The standard InChI is InChI=1S/C13H26N4O2/c1-2-4-11(7-14)12(18)17-6-3-5-10(9-17)8-16-13(15)19/h10-11H,2-9,14H2,1H3,(H3,15,16,19). The van der Waals surface area contributed by atoms with Crippen molar-refractivity contribution in [3.63, 3.8) is 0 Å². The van der Waals surface area contributed by atoms with E-state index in [-0.39, 0.29) is 11.8 Å². The molecule has 1 rings (SSSR count). The van der Waals surface area contributed by atoms with Gasteiger partial charge in [-0.3, -0.25) is 4.79 Å².